The molecule has 0 spiro atoms. The van der Waals surface area contributed by atoms with Gasteiger partial charge in [-0.2, -0.15) is 13.1 Å². The third-order valence-electron chi connectivity index (χ3n) is 2.44. The van der Waals surface area contributed by atoms with Gasteiger partial charge in [0.15, 0.2) is 0 Å². The zero-order valence-corrected chi connectivity index (χ0v) is 9.77. The predicted octanol–water partition coefficient (Wildman–Crippen LogP) is -0.0319. The van der Waals surface area contributed by atoms with Gasteiger partial charge in [0.05, 0.1) is 12.1 Å². The Labute approximate surface area is 99.0 Å². The molecule has 1 aromatic carbocycles. The maximum absolute atomic E-state index is 11.6. The van der Waals surface area contributed by atoms with Crippen LogP contribution in [0.3, 0.4) is 0 Å². The molecule has 0 atom stereocenters. The van der Waals surface area contributed by atoms with Crippen molar-refractivity contribution in [1.82, 2.24) is 4.72 Å². The van der Waals surface area contributed by atoms with Crippen LogP contribution in [-0.4, -0.2) is 32.6 Å². The average Bonchev–Trinajstić information content (AvgIpc) is 2.57. The molecule has 1 fully saturated rings. The van der Waals surface area contributed by atoms with E-state index < -0.39 is 16.2 Å². The van der Waals surface area contributed by atoms with Crippen LogP contribution in [0.2, 0.25) is 0 Å². The van der Waals surface area contributed by atoms with Crippen molar-refractivity contribution in [2.24, 2.45) is 0 Å². The molecule has 92 valence electrons. The number of carboxylic acid groups (broad SMARTS) is 1. The van der Waals surface area contributed by atoms with Crippen LogP contribution in [0.1, 0.15) is 5.56 Å². The SMILES string of the molecule is O=C(O)Cc1cccc(N2CCNS2(=O)=O)c1. The van der Waals surface area contributed by atoms with E-state index in [9.17, 15) is 13.2 Å². The highest BCUT2D eigenvalue weighted by Gasteiger charge is 2.27. The number of hydrogen-bond donors (Lipinski definition) is 2. The molecule has 17 heavy (non-hydrogen) atoms. The Kier molecular flexibility index (Phi) is 3.03. The van der Waals surface area contributed by atoms with E-state index in [1.54, 1.807) is 24.3 Å². The first-order valence-electron chi connectivity index (χ1n) is 5.07. The zero-order valence-electron chi connectivity index (χ0n) is 8.96. The number of nitrogens with zero attached hydrogens (tertiary/aromatic N) is 1. The second kappa shape index (κ2) is 4.34. The fourth-order valence-corrected chi connectivity index (χ4v) is 2.97. The molecule has 0 aliphatic carbocycles. The number of hydrogen-bond acceptors (Lipinski definition) is 3. The van der Waals surface area contributed by atoms with Gasteiger partial charge in [0.2, 0.25) is 0 Å². The number of rotatable bonds is 3. The minimum atomic E-state index is -3.45. The van der Waals surface area contributed by atoms with Crippen molar-refractivity contribution in [3.8, 4) is 0 Å². The van der Waals surface area contributed by atoms with Gasteiger partial charge in [-0.3, -0.25) is 9.10 Å². The summed E-state index contributed by atoms with van der Waals surface area (Å²) >= 11 is 0. The number of aliphatic carboxylic acids is 1. The van der Waals surface area contributed by atoms with Crippen molar-refractivity contribution in [3.63, 3.8) is 0 Å². The normalized spacial score (nSPS) is 18.2. The maximum atomic E-state index is 11.6. The summed E-state index contributed by atoms with van der Waals surface area (Å²) in [5.41, 5.74) is 1.07. The van der Waals surface area contributed by atoms with Gasteiger partial charge in [0.25, 0.3) is 0 Å². The van der Waals surface area contributed by atoms with Crippen LogP contribution in [0.5, 0.6) is 0 Å². The maximum Gasteiger partial charge on any atom is 0.307 e. The van der Waals surface area contributed by atoms with E-state index in [1.165, 1.54) is 4.31 Å². The standard InChI is InChI=1S/C10H12N2O4S/c13-10(14)7-8-2-1-3-9(6-8)12-5-4-11-17(12,15)16/h1-3,6,11H,4-5,7H2,(H,13,14). The Morgan fingerprint density at radius 3 is 2.82 bits per heavy atom. The first-order valence-corrected chi connectivity index (χ1v) is 6.51. The molecule has 6 nitrogen and oxygen atoms in total. The Morgan fingerprint density at radius 1 is 1.47 bits per heavy atom. The van der Waals surface area contributed by atoms with Crippen molar-refractivity contribution in [2.45, 2.75) is 6.42 Å². The summed E-state index contributed by atoms with van der Waals surface area (Å²) in [6, 6.07) is 6.55. The number of anilines is 1. The fraction of sp³-hybridized carbons (Fsp3) is 0.300. The number of carboxylic acids is 1. The van der Waals surface area contributed by atoms with Crippen LogP contribution < -0.4 is 9.03 Å². The van der Waals surface area contributed by atoms with Crippen molar-refractivity contribution in [3.05, 3.63) is 29.8 Å². The molecule has 2 rings (SSSR count). The zero-order chi connectivity index (χ0) is 12.5. The minimum absolute atomic E-state index is 0.116. The first-order chi connectivity index (χ1) is 7.99. The van der Waals surface area contributed by atoms with Crippen molar-refractivity contribution in [1.29, 1.82) is 0 Å². The molecule has 1 aliphatic rings. The van der Waals surface area contributed by atoms with E-state index in [2.05, 4.69) is 4.72 Å². The summed E-state index contributed by atoms with van der Waals surface area (Å²) in [5.74, 6) is -0.940. The lowest BCUT2D eigenvalue weighted by Crippen LogP contribution is -2.29. The largest absolute Gasteiger partial charge is 0.481 e. The summed E-state index contributed by atoms with van der Waals surface area (Å²) in [5, 5.41) is 8.68. The molecular formula is C10H12N2O4S. The Morgan fingerprint density at radius 2 is 2.24 bits per heavy atom. The van der Waals surface area contributed by atoms with Crippen LogP contribution in [0.15, 0.2) is 24.3 Å². The quantitative estimate of drug-likeness (QED) is 0.795. The third-order valence-corrected chi connectivity index (χ3v) is 3.99. The molecule has 0 amide bonds. The second-order valence-electron chi connectivity index (χ2n) is 3.71. The highest BCUT2D eigenvalue weighted by Crippen LogP contribution is 2.21. The van der Waals surface area contributed by atoms with Gasteiger partial charge in [-0.1, -0.05) is 12.1 Å². The van der Waals surface area contributed by atoms with E-state index in [4.69, 9.17) is 5.11 Å². The van der Waals surface area contributed by atoms with Gasteiger partial charge < -0.3 is 5.11 Å². The molecule has 7 heteroatoms. The van der Waals surface area contributed by atoms with Crippen LogP contribution in [-0.2, 0) is 21.4 Å². The minimum Gasteiger partial charge on any atom is -0.481 e. The summed E-state index contributed by atoms with van der Waals surface area (Å²) < 4.78 is 26.8. The van der Waals surface area contributed by atoms with Gasteiger partial charge >= 0.3 is 16.2 Å². The monoisotopic (exact) mass is 256 g/mol. The lowest BCUT2D eigenvalue weighted by Gasteiger charge is -2.16. The molecule has 0 saturated carbocycles. The second-order valence-corrected chi connectivity index (χ2v) is 5.39. The molecule has 1 aromatic rings. The predicted molar refractivity (Wildman–Crippen MR) is 62.1 cm³/mol. The molecule has 2 N–H and O–H groups in total. The van der Waals surface area contributed by atoms with Crippen molar-refractivity contribution >= 4 is 21.9 Å². The number of benzene rings is 1. The third kappa shape index (κ3) is 2.56. The smallest absolute Gasteiger partial charge is 0.307 e. The fourth-order valence-electron chi connectivity index (χ4n) is 1.74. The van der Waals surface area contributed by atoms with Crippen molar-refractivity contribution < 1.29 is 18.3 Å². The summed E-state index contributed by atoms with van der Waals surface area (Å²) in [4.78, 5) is 10.6. The Balaban J connectivity index is 2.30. The van der Waals surface area contributed by atoms with Crippen LogP contribution in [0.4, 0.5) is 5.69 Å². The highest BCUT2D eigenvalue weighted by molar-refractivity contribution is 7.91. The molecule has 0 unspecified atom stereocenters. The van der Waals surface area contributed by atoms with Crippen LogP contribution >= 0.6 is 0 Å². The van der Waals surface area contributed by atoms with Crippen LogP contribution in [0.25, 0.3) is 0 Å². The number of nitrogens with one attached hydrogen (secondary N) is 1. The lowest BCUT2D eigenvalue weighted by molar-refractivity contribution is -0.136. The van der Waals surface area contributed by atoms with Gasteiger partial charge in [-0.05, 0) is 17.7 Å². The van der Waals surface area contributed by atoms with E-state index in [0.717, 1.165) is 0 Å². The van der Waals surface area contributed by atoms with Gasteiger partial charge in [0, 0.05) is 13.1 Å². The molecule has 0 radical (unpaired) electrons. The molecular weight excluding hydrogens is 244 g/mol. The first kappa shape index (κ1) is 11.9. The lowest BCUT2D eigenvalue weighted by atomic mass is 10.1. The molecule has 1 saturated heterocycles. The number of carbonyl (C=O) groups is 1. The van der Waals surface area contributed by atoms with Gasteiger partial charge in [-0.15, -0.1) is 0 Å². The highest BCUT2D eigenvalue weighted by atomic mass is 32.2. The average molecular weight is 256 g/mol. The van der Waals surface area contributed by atoms with Gasteiger partial charge in [-0.25, -0.2) is 0 Å². The topological polar surface area (TPSA) is 86.7 Å². The van der Waals surface area contributed by atoms with E-state index in [1.807, 2.05) is 0 Å². The van der Waals surface area contributed by atoms with Crippen LogP contribution in [0, 0.1) is 0 Å². The Hall–Kier alpha value is -1.60. The molecule has 1 aliphatic heterocycles. The summed E-state index contributed by atoms with van der Waals surface area (Å²) in [6.45, 7) is 0.727. The summed E-state index contributed by atoms with van der Waals surface area (Å²) in [7, 11) is -3.45. The van der Waals surface area contributed by atoms with E-state index in [-0.39, 0.29) is 6.42 Å². The molecule has 0 aromatic heterocycles. The van der Waals surface area contributed by atoms with Crippen molar-refractivity contribution in [2.75, 3.05) is 17.4 Å². The van der Waals surface area contributed by atoms with E-state index >= 15 is 0 Å². The van der Waals surface area contributed by atoms with Gasteiger partial charge in [0.1, 0.15) is 0 Å². The van der Waals surface area contributed by atoms with E-state index in [0.29, 0.717) is 24.3 Å². The molecule has 1 heterocycles. The molecule has 0 bridgehead atoms. The summed E-state index contributed by atoms with van der Waals surface area (Å²) in [6.07, 6.45) is -0.116. The Bertz CT molecular complexity index is 541.